The maximum absolute atomic E-state index is 11.9. The van der Waals surface area contributed by atoms with Crippen LogP contribution < -0.4 is 5.32 Å². The van der Waals surface area contributed by atoms with Crippen molar-refractivity contribution in [3.63, 3.8) is 0 Å². The topological polar surface area (TPSA) is 46.9 Å². The van der Waals surface area contributed by atoms with Crippen LogP contribution in [0.15, 0.2) is 24.3 Å². The van der Waals surface area contributed by atoms with Crippen LogP contribution in [0, 0.1) is 5.92 Å². The maximum atomic E-state index is 11.9. The Hall–Kier alpha value is -1.84. The Labute approximate surface area is 99.6 Å². The van der Waals surface area contributed by atoms with Gasteiger partial charge in [0.2, 0.25) is 11.9 Å². The van der Waals surface area contributed by atoms with E-state index in [-0.39, 0.29) is 11.8 Å². The molecule has 3 rings (SSSR count). The van der Waals surface area contributed by atoms with Crippen LogP contribution >= 0.6 is 0 Å². The molecule has 88 valence electrons. The Bertz CT molecular complexity index is 569. The number of benzene rings is 1. The standard InChI is InChI=1S/C13H15N3O/c1-16-11-8-3-2-7-10(11)14-13(16)15-12(17)9-5-4-6-9/h2-3,7-9H,4-6H2,1H3,(H,14,15,17). The molecule has 0 unspecified atom stereocenters. The lowest BCUT2D eigenvalue weighted by atomic mass is 9.85. The molecule has 0 atom stereocenters. The Balaban J connectivity index is 1.89. The highest BCUT2D eigenvalue weighted by Gasteiger charge is 2.26. The molecule has 0 saturated heterocycles. The minimum absolute atomic E-state index is 0.106. The number of hydrogen-bond donors (Lipinski definition) is 1. The molecule has 2 aromatic rings. The van der Waals surface area contributed by atoms with Crippen LogP contribution in [0.5, 0.6) is 0 Å². The summed E-state index contributed by atoms with van der Waals surface area (Å²) in [6, 6.07) is 7.88. The molecule has 0 radical (unpaired) electrons. The van der Waals surface area contributed by atoms with Crippen molar-refractivity contribution in [3.05, 3.63) is 24.3 Å². The number of anilines is 1. The molecule has 1 saturated carbocycles. The fourth-order valence-corrected chi connectivity index (χ4v) is 2.14. The summed E-state index contributed by atoms with van der Waals surface area (Å²) in [5.41, 5.74) is 1.95. The number of imidazole rings is 1. The van der Waals surface area contributed by atoms with Gasteiger partial charge < -0.3 is 4.57 Å². The molecule has 1 heterocycles. The van der Waals surface area contributed by atoms with Gasteiger partial charge in [0.05, 0.1) is 11.0 Å². The highest BCUT2D eigenvalue weighted by atomic mass is 16.2. The van der Waals surface area contributed by atoms with Crippen molar-refractivity contribution < 1.29 is 4.79 Å². The molecule has 0 aliphatic heterocycles. The highest BCUT2D eigenvalue weighted by Crippen LogP contribution is 2.27. The third-order valence-electron chi connectivity index (χ3n) is 3.50. The Morgan fingerprint density at radius 1 is 1.41 bits per heavy atom. The lowest BCUT2D eigenvalue weighted by Crippen LogP contribution is -2.29. The molecule has 4 nitrogen and oxygen atoms in total. The summed E-state index contributed by atoms with van der Waals surface area (Å²) in [4.78, 5) is 16.3. The van der Waals surface area contributed by atoms with Crippen molar-refractivity contribution in [1.29, 1.82) is 0 Å². The van der Waals surface area contributed by atoms with E-state index < -0.39 is 0 Å². The van der Waals surface area contributed by atoms with Gasteiger partial charge in [-0.25, -0.2) is 4.98 Å². The monoisotopic (exact) mass is 229 g/mol. The van der Waals surface area contributed by atoms with Crippen molar-refractivity contribution in [2.24, 2.45) is 13.0 Å². The molecular weight excluding hydrogens is 214 g/mol. The SMILES string of the molecule is Cn1c(NC(=O)C2CCC2)nc2ccccc21. The number of fused-ring (bicyclic) bond motifs is 1. The van der Waals surface area contributed by atoms with Gasteiger partial charge >= 0.3 is 0 Å². The first kappa shape index (κ1) is 10.3. The van der Waals surface area contributed by atoms with Crippen LogP contribution in [0.3, 0.4) is 0 Å². The number of hydrogen-bond acceptors (Lipinski definition) is 2. The van der Waals surface area contributed by atoms with E-state index in [4.69, 9.17) is 0 Å². The van der Waals surface area contributed by atoms with E-state index in [1.165, 1.54) is 6.42 Å². The van der Waals surface area contributed by atoms with Gasteiger partial charge in [0.15, 0.2) is 0 Å². The van der Waals surface area contributed by atoms with Crippen molar-refractivity contribution in [1.82, 2.24) is 9.55 Å². The third kappa shape index (κ3) is 1.69. The zero-order valence-corrected chi connectivity index (χ0v) is 9.81. The van der Waals surface area contributed by atoms with Gasteiger partial charge in [-0.1, -0.05) is 18.6 Å². The average molecular weight is 229 g/mol. The van der Waals surface area contributed by atoms with Crippen LogP contribution in [0.2, 0.25) is 0 Å². The molecule has 1 aromatic heterocycles. The van der Waals surface area contributed by atoms with Gasteiger partial charge in [-0.2, -0.15) is 0 Å². The fraction of sp³-hybridized carbons (Fsp3) is 0.385. The second-order valence-electron chi connectivity index (χ2n) is 4.60. The number of aryl methyl sites for hydroxylation is 1. The van der Waals surface area contributed by atoms with E-state index in [0.29, 0.717) is 5.95 Å². The molecule has 0 spiro atoms. The van der Waals surface area contributed by atoms with Gasteiger partial charge in [-0.05, 0) is 25.0 Å². The Morgan fingerprint density at radius 2 is 2.18 bits per heavy atom. The van der Waals surface area contributed by atoms with E-state index in [1.54, 1.807) is 0 Å². The highest BCUT2D eigenvalue weighted by molar-refractivity contribution is 5.93. The minimum atomic E-state index is 0.106. The summed E-state index contributed by atoms with van der Waals surface area (Å²) in [5, 5.41) is 2.91. The quantitative estimate of drug-likeness (QED) is 0.859. The summed E-state index contributed by atoms with van der Waals surface area (Å²) in [7, 11) is 1.92. The van der Waals surface area contributed by atoms with Crippen molar-refractivity contribution in [2.45, 2.75) is 19.3 Å². The molecule has 0 bridgehead atoms. The second kappa shape index (κ2) is 3.87. The first-order valence-electron chi connectivity index (χ1n) is 5.98. The molecule has 1 fully saturated rings. The summed E-state index contributed by atoms with van der Waals surface area (Å²) in [6.45, 7) is 0. The smallest absolute Gasteiger partial charge is 0.229 e. The molecule has 4 heteroatoms. The van der Waals surface area contributed by atoms with Crippen LogP contribution in [-0.2, 0) is 11.8 Å². The number of nitrogens with one attached hydrogen (secondary N) is 1. The molecule has 1 amide bonds. The lowest BCUT2D eigenvalue weighted by molar-refractivity contribution is -0.122. The first-order chi connectivity index (χ1) is 8.25. The first-order valence-corrected chi connectivity index (χ1v) is 5.98. The zero-order chi connectivity index (χ0) is 11.8. The fourth-order valence-electron chi connectivity index (χ4n) is 2.14. The second-order valence-corrected chi connectivity index (χ2v) is 4.60. The number of aromatic nitrogens is 2. The van der Waals surface area contributed by atoms with Crippen LogP contribution in [0.1, 0.15) is 19.3 Å². The summed E-state index contributed by atoms with van der Waals surface area (Å²) >= 11 is 0. The largest absolute Gasteiger partial charge is 0.313 e. The normalized spacial score (nSPS) is 15.8. The molecule has 1 N–H and O–H groups in total. The third-order valence-corrected chi connectivity index (χ3v) is 3.50. The van der Waals surface area contributed by atoms with Gasteiger partial charge in [0.25, 0.3) is 0 Å². The lowest BCUT2D eigenvalue weighted by Gasteiger charge is -2.23. The number of nitrogens with zero attached hydrogens (tertiary/aromatic N) is 2. The molecular formula is C13H15N3O. The van der Waals surface area contributed by atoms with E-state index in [1.807, 2.05) is 35.9 Å². The number of para-hydroxylation sites is 2. The Kier molecular flexibility index (Phi) is 2.35. The van der Waals surface area contributed by atoms with E-state index in [0.717, 1.165) is 23.9 Å². The van der Waals surface area contributed by atoms with Gasteiger partial charge in [0.1, 0.15) is 0 Å². The number of rotatable bonds is 2. The molecule has 17 heavy (non-hydrogen) atoms. The summed E-state index contributed by atoms with van der Waals surface area (Å²) < 4.78 is 1.92. The van der Waals surface area contributed by atoms with E-state index in [2.05, 4.69) is 10.3 Å². The molecule has 1 aliphatic rings. The molecule has 1 aliphatic carbocycles. The van der Waals surface area contributed by atoms with Crippen molar-refractivity contribution in [2.75, 3.05) is 5.32 Å². The zero-order valence-electron chi connectivity index (χ0n) is 9.81. The predicted octanol–water partition coefficient (Wildman–Crippen LogP) is 2.31. The number of amides is 1. The van der Waals surface area contributed by atoms with E-state index in [9.17, 15) is 4.79 Å². The van der Waals surface area contributed by atoms with Crippen LogP contribution in [0.4, 0.5) is 5.95 Å². The van der Waals surface area contributed by atoms with Crippen LogP contribution in [-0.4, -0.2) is 15.5 Å². The predicted molar refractivity (Wildman–Crippen MR) is 66.7 cm³/mol. The Morgan fingerprint density at radius 3 is 2.82 bits per heavy atom. The van der Waals surface area contributed by atoms with Gasteiger partial charge in [-0.3, -0.25) is 10.1 Å². The van der Waals surface area contributed by atoms with Crippen LogP contribution in [0.25, 0.3) is 11.0 Å². The molecule has 1 aromatic carbocycles. The minimum Gasteiger partial charge on any atom is -0.313 e. The maximum Gasteiger partial charge on any atom is 0.229 e. The number of carbonyl (C=O) groups excluding carboxylic acids is 1. The van der Waals surface area contributed by atoms with Crippen molar-refractivity contribution >= 4 is 22.9 Å². The van der Waals surface area contributed by atoms with Gasteiger partial charge in [-0.15, -0.1) is 0 Å². The summed E-state index contributed by atoms with van der Waals surface area (Å²) in [5.74, 6) is 0.938. The van der Waals surface area contributed by atoms with Crippen molar-refractivity contribution in [3.8, 4) is 0 Å². The average Bonchev–Trinajstić information content (AvgIpc) is 2.54. The van der Waals surface area contributed by atoms with Gasteiger partial charge in [0, 0.05) is 13.0 Å². The summed E-state index contributed by atoms with van der Waals surface area (Å²) in [6.07, 6.45) is 3.19. The van der Waals surface area contributed by atoms with E-state index >= 15 is 0 Å². The number of carbonyl (C=O) groups is 1.